The van der Waals surface area contributed by atoms with Crippen LogP contribution >= 0.6 is 11.3 Å². The molecule has 0 bridgehead atoms. The zero-order chi connectivity index (χ0) is 22.9. The fourth-order valence-electron chi connectivity index (χ4n) is 4.82. The van der Waals surface area contributed by atoms with Gasteiger partial charge in [-0.3, -0.25) is 9.59 Å². The molecule has 3 heterocycles. The summed E-state index contributed by atoms with van der Waals surface area (Å²) >= 11 is 1.72. The van der Waals surface area contributed by atoms with Gasteiger partial charge in [0.15, 0.2) is 0 Å². The molecule has 3 aromatic rings. The number of anilines is 1. The largest absolute Gasteiger partial charge is 0.497 e. The van der Waals surface area contributed by atoms with Gasteiger partial charge < -0.3 is 19.3 Å². The van der Waals surface area contributed by atoms with E-state index >= 15 is 0 Å². The first-order valence-corrected chi connectivity index (χ1v) is 12.1. The molecule has 0 unspecified atom stereocenters. The van der Waals surface area contributed by atoms with Crippen LogP contribution in [0.2, 0.25) is 0 Å². The number of hydrogen-bond donors (Lipinski definition) is 0. The van der Waals surface area contributed by atoms with Gasteiger partial charge in [-0.1, -0.05) is 12.1 Å². The maximum atomic E-state index is 13.4. The highest BCUT2D eigenvalue weighted by Crippen LogP contribution is 2.37. The minimum atomic E-state index is -0.349. The molecule has 33 heavy (non-hydrogen) atoms. The molecule has 2 aliphatic rings. The quantitative estimate of drug-likeness (QED) is 0.568. The van der Waals surface area contributed by atoms with Crippen molar-refractivity contribution in [3.63, 3.8) is 0 Å². The Kier molecular flexibility index (Phi) is 5.93. The summed E-state index contributed by atoms with van der Waals surface area (Å²) in [4.78, 5) is 34.7. The summed E-state index contributed by atoms with van der Waals surface area (Å²) < 4.78 is 11.9. The van der Waals surface area contributed by atoms with E-state index in [1.165, 1.54) is 4.70 Å². The van der Waals surface area contributed by atoms with Crippen LogP contribution in [0.3, 0.4) is 0 Å². The zero-order valence-corrected chi connectivity index (χ0v) is 19.6. The fraction of sp³-hybridized carbons (Fsp3) is 0.400. The molecule has 0 N–H and O–H groups in total. The topological polar surface area (TPSA) is 72.0 Å². The van der Waals surface area contributed by atoms with Gasteiger partial charge in [-0.25, -0.2) is 4.98 Å². The average Bonchev–Trinajstić information content (AvgIpc) is 3.47. The van der Waals surface area contributed by atoms with Gasteiger partial charge in [0, 0.05) is 38.0 Å². The third-order valence-electron chi connectivity index (χ3n) is 6.54. The monoisotopic (exact) mass is 465 g/mol. The summed E-state index contributed by atoms with van der Waals surface area (Å²) in [6, 6.07) is 13.5. The Morgan fingerprint density at radius 3 is 2.76 bits per heavy atom. The minimum Gasteiger partial charge on any atom is -0.497 e. The van der Waals surface area contributed by atoms with Crippen molar-refractivity contribution in [3.8, 4) is 11.5 Å². The maximum absolute atomic E-state index is 13.4. The van der Waals surface area contributed by atoms with Crippen LogP contribution in [0.25, 0.3) is 10.2 Å². The van der Waals surface area contributed by atoms with Crippen LogP contribution < -0.4 is 14.4 Å². The summed E-state index contributed by atoms with van der Waals surface area (Å²) in [7, 11) is 3.15. The number of nitrogens with zero attached hydrogens (tertiary/aromatic N) is 3. The Labute approximate surface area is 196 Å². The van der Waals surface area contributed by atoms with E-state index in [0.29, 0.717) is 30.3 Å². The van der Waals surface area contributed by atoms with Gasteiger partial charge >= 0.3 is 0 Å². The molecular formula is C25H27N3O4S. The number of aromatic nitrogens is 1. The number of thiazole rings is 1. The SMILES string of the molecule is COc1ccc(N2C[C@@H](C(=O)N3CCC[C@@H](c4nc5ccccc5s4)C3)CC2=O)c(OC)c1. The van der Waals surface area contributed by atoms with Gasteiger partial charge in [-0.05, 0) is 37.1 Å². The van der Waals surface area contributed by atoms with E-state index in [4.69, 9.17) is 14.5 Å². The number of carbonyl (C=O) groups is 2. The van der Waals surface area contributed by atoms with Crippen LogP contribution in [0.4, 0.5) is 5.69 Å². The molecule has 172 valence electrons. The Bertz CT molecular complexity index is 1160. The highest BCUT2D eigenvalue weighted by Gasteiger charge is 2.39. The van der Waals surface area contributed by atoms with Crippen molar-refractivity contribution < 1.29 is 19.1 Å². The van der Waals surface area contributed by atoms with E-state index < -0.39 is 0 Å². The van der Waals surface area contributed by atoms with Crippen LogP contribution in [0, 0.1) is 5.92 Å². The van der Waals surface area contributed by atoms with E-state index in [1.54, 1.807) is 42.6 Å². The Balaban J connectivity index is 1.30. The summed E-state index contributed by atoms with van der Waals surface area (Å²) in [5, 5.41) is 1.10. The van der Waals surface area contributed by atoms with Crippen molar-refractivity contribution in [1.82, 2.24) is 9.88 Å². The van der Waals surface area contributed by atoms with Crippen molar-refractivity contribution in [3.05, 3.63) is 47.5 Å². The van der Waals surface area contributed by atoms with Crippen LogP contribution in [-0.2, 0) is 9.59 Å². The Hall–Kier alpha value is -3.13. The smallest absolute Gasteiger partial charge is 0.228 e. The molecule has 0 spiro atoms. The number of piperidine rings is 1. The molecule has 1 aromatic heterocycles. The summed E-state index contributed by atoms with van der Waals surface area (Å²) in [6.45, 7) is 1.76. The van der Waals surface area contributed by atoms with Crippen LogP contribution in [0.5, 0.6) is 11.5 Å². The molecule has 7 nitrogen and oxygen atoms in total. The number of ether oxygens (including phenoxy) is 2. The molecule has 5 rings (SSSR count). The fourth-order valence-corrected chi connectivity index (χ4v) is 5.91. The van der Waals surface area contributed by atoms with Crippen molar-refractivity contribution >= 4 is 39.1 Å². The highest BCUT2D eigenvalue weighted by atomic mass is 32.1. The van der Waals surface area contributed by atoms with Gasteiger partial charge in [0.2, 0.25) is 11.8 Å². The summed E-state index contributed by atoms with van der Waals surface area (Å²) in [5.41, 5.74) is 1.69. The Morgan fingerprint density at radius 1 is 1.12 bits per heavy atom. The number of likely N-dealkylation sites (tertiary alicyclic amines) is 1. The molecule has 2 saturated heterocycles. The third kappa shape index (κ3) is 4.15. The minimum absolute atomic E-state index is 0.0588. The maximum Gasteiger partial charge on any atom is 0.228 e. The average molecular weight is 466 g/mol. The third-order valence-corrected chi connectivity index (χ3v) is 7.74. The molecule has 2 aliphatic heterocycles. The molecule has 0 saturated carbocycles. The second-order valence-corrected chi connectivity index (χ2v) is 9.65. The first-order chi connectivity index (χ1) is 16.1. The van der Waals surface area contributed by atoms with E-state index in [9.17, 15) is 9.59 Å². The van der Waals surface area contributed by atoms with E-state index in [-0.39, 0.29) is 30.1 Å². The van der Waals surface area contributed by atoms with Gasteiger partial charge in [0.1, 0.15) is 11.5 Å². The zero-order valence-electron chi connectivity index (χ0n) is 18.8. The number of para-hydroxylation sites is 1. The second kappa shape index (κ2) is 9.02. The Morgan fingerprint density at radius 2 is 1.97 bits per heavy atom. The number of hydrogen-bond acceptors (Lipinski definition) is 6. The first-order valence-electron chi connectivity index (χ1n) is 11.2. The molecule has 2 amide bonds. The van der Waals surface area contributed by atoms with Crippen molar-refractivity contribution in [1.29, 1.82) is 0 Å². The number of rotatable bonds is 5. The van der Waals surface area contributed by atoms with E-state index in [0.717, 1.165) is 29.9 Å². The lowest BCUT2D eigenvalue weighted by molar-refractivity contribution is -0.137. The molecule has 8 heteroatoms. The molecule has 0 aliphatic carbocycles. The molecule has 0 radical (unpaired) electrons. The first kappa shape index (κ1) is 21.7. The van der Waals surface area contributed by atoms with Gasteiger partial charge in [-0.2, -0.15) is 0 Å². The molecular weight excluding hydrogens is 438 g/mol. The predicted molar refractivity (Wildman–Crippen MR) is 128 cm³/mol. The van der Waals surface area contributed by atoms with Gasteiger partial charge in [0.05, 0.1) is 41.0 Å². The van der Waals surface area contributed by atoms with E-state index in [1.807, 2.05) is 29.2 Å². The lowest BCUT2D eigenvalue weighted by atomic mass is 9.96. The normalized spacial score (nSPS) is 21.0. The van der Waals surface area contributed by atoms with Crippen LogP contribution in [0.15, 0.2) is 42.5 Å². The molecule has 2 atom stereocenters. The lowest BCUT2D eigenvalue weighted by Gasteiger charge is -2.33. The number of fused-ring (bicyclic) bond motifs is 1. The van der Waals surface area contributed by atoms with Gasteiger partial charge in [0.25, 0.3) is 0 Å². The number of carbonyl (C=O) groups excluding carboxylic acids is 2. The summed E-state index contributed by atoms with van der Waals surface area (Å²) in [6.07, 6.45) is 2.20. The molecule has 2 aromatic carbocycles. The summed E-state index contributed by atoms with van der Waals surface area (Å²) in [5.74, 6) is 1.11. The molecule has 2 fully saturated rings. The van der Waals surface area contributed by atoms with Crippen LogP contribution in [-0.4, -0.2) is 55.6 Å². The lowest BCUT2D eigenvalue weighted by Crippen LogP contribution is -2.43. The second-order valence-electron chi connectivity index (χ2n) is 8.59. The van der Waals surface area contributed by atoms with Crippen molar-refractivity contribution in [2.24, 2.45) is 5.92 Å². The number of benzene rings is 2. The van der Waals surface area contributed by atoms with Crippen LogP contribution in [0.1, 0.15) is 30.2 Å². The number of amides is 2. The van der Waals surface area contributed by atoms with E-state index in [2.05, 4.69) is 6.07 Å². The number of methoxy groups -OCH3 is 2. The highest BCUT2D eigenvalue weighted by molar-refractivity contribution is 7.18. The van der Waals surface area contributed by atoms with Gasteiger partial charge in [-0.15, -0.1) is 11.3 Å². The van der Waals surface area contributed by atoms with Crippen molar-refractivity contribution in [2.45, 2.75) is 25.2 Å². The predicted octanol–water partition coefficient (Wildman–Crippen LogP) is 4.07. The van der Waals surface area contributed by atoms with Crippen molar-refractivity contribution in [2.75, 3.05) is 38.8 Å². The standard InChI is InChI=1S/C25H27N3O4S/c1-31-18-9-10-20(21(13-18)32-2)28-15-17(12-23(28)29)25(30)27-11-5-6-16(14-27)24-26-19-7-3-4-8-22(19)33-24/h3-4,7-10,13,16-17H,5-6,11-12,14-15H2,1-2H3/t16-,17+/m1/s1.